The number of piperidine rings is 1. The fourth-order valence-corrected chi connectivity index (χ4v) is 3.42. The number of nitro benzene ring substituents is 1. The molecule has 6 heteroatoms. The minimum absolute atomic E-state index is 0.131. The molecule has 2 rings (SSSR count). The molecule has 2 atom stereocenters. The first-order valence-corrected chi connectivity index (χ1v) is 8.15. The Kier molecular flexibility index (Phi) is 5.71. The Morgan fingerprint density at radius 1 is 1.52 bits per heavy atom. The SMILES string of the molecule is Cc1ccc([N+](=O)[O-])cc1[C@H](C)N1CCC[C@H](CCC(N)=O)C1. The summed E-state index contributed by atoms with van der Waals surface area (Å²) in [5.41, 5.74) is 7.46. The molecule has 0 aliphatic carbocycles. The first kappa shape index (κ1) is 17.4. The van der Waals surface area contributed by atoms with Gasteiger partial charge in [0.15, 0.2) is 0 Å². The molecular weight excluding hydrogens is 294 g/mol. The number of nitrogens with zero attached hydrogens (tertiary/aromatic N) is 2. The second-order valence-corrected chi connectivity index (χ2v) is 6.48. The van der Waals surface area contributed by atoms with E-state index in [9.17, 15) is 14.9 Å². The highest BCUT2D eigenvalue weighted by atomic mass is 16.6. The van der Waals surface area contributed by atoms with E-state index in [0.717, 1.165) is 43.5 Å². The molecule has 1 amide bonds. The number of aryl methyl sites for hydroxylation is 1. The summed E-state index contributed by atoms with van der Waals surface area (Å²) in [6, 6.07) is 5.19. The molecule has 0 bridgehead atoms. The fourth-order valence-electron chi connectivity index (χ4n) is 3.42. The highest BCUT2D eigenvalue weighted by Crippen LogP contribution is 2.31. The first-order chi connectivity index (χ1) is 10.9. The number of carbonyl (C=O) groups is 1. The van der Waals surface area contributed by atoms with Crippen LogP contribution in [0.4, 0.5) is 5.69 Å². The third kappa shape index (κ3) is 4.51. The molecule has 1 aromatic rings. The van der Waals surface area contributed by atoms with Crippen molar-refractivity contribution in [1.29, 1.82) is 0 Å². The monoisotopic (exact) mass is 319 g/mol. The maximum atomic E-state index is 11.0. The third-order valence-corrected chi connectivity index (χ3v) is 4.82. The lowest BCUT2D eigenvalue weighted by molar-refractivity contribution is -0.385. The topological polar surface area (TPSA) is 89.5 Å². The number of nitro groups is 1. The van der Waals surface area contributed by atoms with Crippen molar-refractivity contribution >= 4 is 11.6 Å². The molecule has 2 N–H and O–H groups in total. The zero-order valence-electron chi connectivity index (χ0n) is 13.8. The predicted molar refractivity (Wildman–Crippen MR) is 89.0 cm³/mol. The Balaban J connectivity index is 2.10. The van der Waals surface area contributed by atoms with Gasteiger partial charge in [0, 0.05) is 31.1 Å². The summed E-state index contributed by atoms with van der Waals surface area (Å²) in [6.07, 6.45) is 3.46. The van der Waals surface area contributed by atoms with Crippen LogP contribution in [0, 0.1) is 23.0 Å². The Morgan fingerprint density at radius 2 is 2.26 bits per heavy atom. The van der Waals surface area contributed by atoms with Crippen molar-refractivity contribution in [3.63, 3.8) is 0 Å². The van der Waals surface area contributed by atoms with Crippen LogP contribution in [0.3, 0.4) is 0 Å². The number of hydrogen-bond acceptors (Lipinski definition) is 4. The van der Waals surface area contributed by atoms with Crippen LogP contribution in [0.5, 0.6) is 0 Å². The number of carbonyl (C=O) groups excluding carboxylic acids is 1. The summed E-state index contributed by atoms with van der Waals surface area (Å²) in [6.45, 7) is 5.99. The summed E-state index contributed by atoms with van der Waals surface area (Å²) in [5.74, 6) is 0.224. The van der Waals surface area contributed by atoms with Gasteiger partial charge in [0.25, 0.3) is 5.69 Å². The van der Waals surface area contributed by atoms with Crippen molar-refractivity contribution in [1.82, 2.24) is 4.90 Å². The number of likely N-dealkylation sites (tertiary alicyclic amines) is 1. The van der Waals surface area contributed by atoms with Crippen LogP contribution >= 0.6 is 0 Å². The van der Waals surface area contributed by atoms with Crippen molar-refractivity contribution in [2.24, 2.45) is 11.7 Å². The van der Waals surface area contributed by atoms with Crippen LogP contribution in [0.15, 0.2) is 18.2 Å². The summed E-state index contributed by atoms with van der Waals surface area (Å²) < 4.78 is 0. The Bertz CT molecular complexity index is 588. The van der Waals surface area contributed by atoms with Crippen LogP contribution in [-0.4, -0.2) is 28.8 Å². The number of amides is 1. The summed E-state index contributed by atoms with van der Waals surface area (Å²) >= 11 is 0. The van der Waals surface area contributed by atoms with Gasteiger partial charge in [-0.1, -0.05) is 6.07 Å². The summed E-state index contributed by atoms with van der Waals surface area (Å²) in [4.78, 5) is 24.0. The minimum Gasteiger partial charge on any atom is -0.370 e. The zero-order valence-corrected chi connectivity index (χ0v) is 13.8. The molecule has 0 unspecified atom stereocenters. The zero-order chi connectivity index (χ0) is 17.0. The Morgan fingerprint density at radius 3 is 2.91 bits per heavy atom. The number of primary amides is 1. The van der Waals surface area contributed by atoms with Crippen molar-refractivity contribution in [2.45, 2.75) is 45.6 Å². The normalized spacial score (nSPS) is 20.2. The molecule has 1 heterocycles. The number of hydrogen-bond donors (Lipinski definition) is 1. The van der Waals surface area contributed by atoms with Gasteiger partial charge in [-0.05, 0) is 56.7 Å². The second kappa shape index (κ2) is 7.55. The van der Waals surface area contributed by atoms with Gasteiger partial charge in [0.2, 0.25) is 5.91 Å². The molecule has 6 nitrogen and oxygen atoms in total. The van der Waals surface area contributed by atoms with E-state index in [-0.39, 0.29) is 22.6 Å². The van der Waals surface area contributed by atoms with Crippen LogP contribution in [0.2, 0.25) is 0 Å². The largest absolute Gasteiger partial charge is 0.370 e. The molecule has 1 aliphatic rings. The van der Waals surface area contributed by atoms with E-state index in [1.54, 1.807) is 12.1 Å². The Hall–Kier alpha value is -1.95. The lowest BCUT2D eigenvalue weighted by atomic mass is 9.90. The number of non-ortho nitro benzene ring substituents is 1. The lowest BCUT2D eigenvalue weighted by Gasteiger charge is -2.37. The molecule has 0 saturated carbocycles. The molecule has 1 saturated heterocycles. The van der Waals surface area contributed by atoms with Gasteiger partial charge >= 0.3 is 0 Å². The molecule has 0 aromatic heterocycles. The fraction of sp³-hybridized carbons (Fsp3) is 0.588. The second-order valence-electron chi connectivity index (χ2n) is 6.48. The molecule has 23 heavy (non-hydrogen) atoms. The predicted octanol–water partition coefficient (Wildman–Crippen LogP) is 2.94. The average Bonchev–Trinajstić information content (AvgIpc) is 2.52. The van der Waals surface area contributed by atoms with Crippen LogP contribution in [0.1, 0.15) is 49.8 Å². The number of nitrogens with two attached hydrogens (primary N) is 1. The van der Waals surface area contributed by atoms with Crippen LogP contribution in [0.25, 0.3) is 0 Å². The van der Waals surface area contributed by atoms with Gasteiger partial charge in [-0.2, -0.15) is 0 Å². The molecule has 0 spiro atoms. The molecule has 126 valence electrons. The van der Waals surface area contributed by atoms with E-state index in [1.165, 1.54) is 0 Å². The van der Waals surface area contributed by atoms with Gasteiger partial charge in [-0.3, -0.25) is 19.8 Å². The highest BCUT2D eigenvalue weighted by Gasteiger charge is 2.26. The first-order valence-electron chi connectivity index (χ1n) is 8.15. The van der Waals surface area contributed by atoms with Crippen molar-refractivity contribution in [2.75, 3.05) is 13.1 Å². The Labute approximate surface area is 136 Å². The summed E-state index contributed by atoms with van der Waals surface area (Å²) in [7, 11) is 0. The minimum atomic E-state index is -0.346. The maximum Gasteiger partial charge on any atom is 0.269 e. The number of benzene rings is 1. The van der Waals surface area contributed by atoms with Gasteiger partial charge < -0.3 is 5.73 Å². The van der Waals surface area contributed by atoms with Crippen molar-refractivity contribution in [3.05, 3.63) is 39.4 Å². The van der Waals surface area contributed by atoms with Gasteiger partial charge in [0.05, 0.1) is 4.92 Å². The average molecular weight is 319 g/mol. The van der Waals surface area contributed by atoms with Crippen LogP contribution in [-0.2, 0) is 4.79 Å². The van der Waals surface area contributed by atoms with E-state index in [1.807, 2.05) is 13.0 Å². The third-order valence-electron chi connectivity index (χ3n) is 4.82. The molecule has 0 radical (unpaired) electrons. The molecule has 1 aliphatic heterocycles. The van der Waals surface area contributed by atoms with Crippen molar-refractivity contribution in [3.8, 4) is 0 Å². The van der Waals surface area contributed by atoms with E-state index in [0.29, 0.717) is 12.3 Å². The number of rotatable bonds is 6. The standard InChI is InChI=1S/C17H25N3O3/c1-12-5-7-15(20(22)23)10-16(12)13(2)19-9-3-4-14(11-19)6-8-17(18)21/h5,7,10,13-14H,3-4,6,8-9,11H2,1-2H3,(H2,18,21)/t13-,14+/m0/s1. The van der Waals surface area contributed by atoms with Gasteiger partial charge in [-0.15, -0.1) is 0 Å². The molecule has 1 fully saturated rings. The smallest absolute Gasteiger partial charge is 0.269 e. The van der Waals surface area contributed by atoms with E-state index in [4.69, 9.17) is 5.73 Å². The molecular formula is C17H25N3O3. The maximum absolute atomic E-state index is 11.0. The van der Waals surface area contributed by atoms with Crippen molar-refractivity contribution < 1.29 is 9.72 Å². The highest BCUT2D eigenvalue weighted by molar-refractivity contribution is 5.73. The van der Waals surface area contributed by atoms with Gasteiger partial charge in [0.1, 0.15) is 0 Å². The van der Waals surface area contributed by atoms with Gasteiger partial charge in [-0.25, -0.2) is 0 Å². The van der Waals surface area contributed by atoms with E-state index < -0.39 is 0 Å². The lowest BCUT2D eigenvalue weighted by Crippen LogP contribution is -2.37. The van der Waals surface area contributed by atoms with Crippen LogP contribution < -0.4 is 5.73 Å². The quantitative estimate of drug-likeness (QED) is 0.645. The molecule has 1 aromatic carbocycles. The summed E-state index contributed by atoms with van der Waals surface area (Å²) in [5, 5.41) is 11.0. The van der Waals surface area contributed by atoms with E-state index in [2.05, 4.69) is 11.8 Å². The van der Waals surface area contributed by atoms with E-state index >= 15 is 0 Å².